The smallest absolute Gasteiger partial charge is 0.298 e. The second-order valence-corrected chi connectivity index (χ2v) is 8.91. The molecule has 0 heterocycles. The zero-order valence-electron chi connectivity index (χ0n) is 17.3. The molecule has 3 atom stereocenters. The lowest BCUT2D eigenvalue weighted by Crippen LogP contribution is -2.41. The summed E-state index contributed by atoms with van der Waals surface area (Å²) in [6.07, 6.45) is 4.68. The molecule has 0 bridgehead atoms. The molecule has 0 radical (unpaired) electrons. The molecule has 0 aromatic heterocycles. The van der Waals surface area contributed by atoms with E-state index in [4.69, 9.17) is 10.5 Å². The highest BCUT2D eigenvalue weighted by atomic mass is 19.1. The molecule has 3 nitrogen and oxygen atoms in total. The molecule has 0 spiro atoms. The van der Waals surface area contributed by atoms with E-state index in [-0.39, 0.29) is 23.5 Å². The van der Waals surface area contributed by atoms with Crippen molar-refractivity contribution < 1.29 is 13.9 Å². The Kier molecular flexibility index (Phi) is 8.75. The molecule has 4 heteroatoms. The van der Waals surface area contributed by atoms with Crippen molar-refractivity contribution in [3.05, 3.63) is 29.1 Å². The summed E-state index contributed by atoms with van der Waals surface area (Å²) in [5, 5.41) is 0. The Labute approximate surface area is 158 Å². The number of carbonyl (C=O) groups excluding carboxylic acids is 1. The fraction of sp³-hybridized carbons (Fsp3) is 0.682. The summed E-state index contributed by atoms with van der Waals surface area (Å²) in [6, 6.07) is 3.13. The Hall–Kier alpha value is -1.42. The second-order valence-electron chi connectivity index (χ2n) is 8.91. The third-order valence-corrected chi connectivity index (χ3v) is 4.52. The van der Waals surface area contributed by atoms with Crippen molar-refractivity contribution >= 4 is 6.47 Å². The molecule has 0 aliphatic heterocycles. The Morgan fingerprint density at radius 2 is 1.77 bits per heavy atom. The van der Waals surface area contributed by atoms with Crippen LogP contribution in [-0.4, -0.2) is 12.5 Å². The first-order valence-corrected chi connectivity index (χ1v) is 9.80. The van der Waals surface area contributed by atoms with Gasteiger partial charge in [-0.2, -0.15) is 0 Å². The molecule has 0 saturated heterocycles. The lowest BCUT2D eigenvalue weighted by Gasteiger charge is -2.38. The van der Waals surface area contributed by atoms with Gasteiger partial charge >= 0.3 is 0 Å². The largest absolute Gasteiger partial charge is 0.429 e. The molecule has 26 heavy (non-hydrogen) atoms. The van der Waals surface area contributed by atoms with Gasteiger partial charge in [0.1, 0.15) is 11.6 Å². The predicted octanol–water partition coefficient (Wildman–Crippen LogP) is 5.60. The zero-order chi connectivity index (χ0) is 19.9. The number of rotatable bonds is 6. The van der Waals surface area contributed by atoms with Crippen molar-refractivity contribution in [1.82, 2.24) is 0 Å². The molecule has 148 valence electrons. The van der Waals surface area contributed by atoms with E-state index >= 15 is 0 Å². The molecular weight excluding hydrogens is 329 g/mol. The van der Waals surface area contributed by atoms with E-state index in [1.807, 2.05) is 0 Å². The molecule has 3 unspecified atom stereocenters. The molecule has 1 aliphatic rings. The van der Waals surface area contributed by atoms with Crippen LogP contribution in [0.2, 0.25) is 0 Å². The van der Waals surface area contributed by atoms with Gasteiger partial charge in [-0.25, -0.2) is 4.39 Å². The Morgan fingerprint density at radius 1 is 1.19 bits per heavy atom. The monoisotopic (exact) mass is 365 g/mol. The minimum absolute atomic E-state index is 0.0447. The van der Waals surface area contributed by atoms with Gasteiger partial charge in [-0.3, -0.25) is 4.79 Å². The van der Waals surface area contributed by atoms with E-state index in [0.717, 1.165) is 36.8 Å². The van der Waals surface area contributed by atoms with Crippen LogP contribution in [-0.2, 0) is 11.2 Å². The molecule has 0 fully saturated rings. The highest BCUT2D eigenvalue weighted by molar-refractivity contribution is 5.49. The van der Waals surface area contributed by atoms with Crippen LogP contribution in [0.3, 0.4) is 0 Å². The van der Waals surface area contributed by atoms with Crippen molar-refractivity contribution in [2.45, 2.75) is 85.6 Å². The van der Waals surface area contributed by atoms with Crippen LogP contribution in [0.15, 0.2) is 12.1 Å². The van der Waals surface area contributed by atoms with Gasteiger partial charge in [0.25, 0.3) is 6.47 Å². The predicted molar refractivity (Wildman–Crippen MR) is 106 cm³/mol. The SMILES string of the molecule is CC(C)(C)C.CCCC1Cc2c(F)cc(OC=O)cc2C(CCC)C1N. The summed E-state index contributed by atoms with van der Waals surface area (Å²) in [5.74, 6) is 0.452. The number of fused-ring (bicyclic) bond motifs is 1. The number of nitrogens with two attached hydrogens (primary N) is 1. The van der Waals surface area contributed by atoms with E-state index in [9.17, 15) is 9.18 Å². The Morgan fingerprint density at radius 3 is 2.27 bits per heavy atom. The number of halogens is 1. The average Bonchev–Trinajstić information content (AvgIpc) is 2.51. The van der Waals surface area contributed by atoms with Gasteiger partial charge in [0.15, 0.2) is 0 Å². The highest BCUT2D eigenvalue weighted by Crippen LogP contribution is 2.41. The maximum absolute atomic E-state index is 14.4. The highest BCUT2D eigenvalue weighted by Gasteiger charge is 2.35. The van der Waals surface area contributed by atoms with Gasteiger partial charge < -0.3 is 10.5 Å². The number of hydrogen-bond donors (Lipinski definition) is 1. The van der Waals surface area contributed by atoms with Crippen LogP contribution in [0.4, 0.5) is 4.39 Å². The Bertz CT molecular complexity index is 574. The summed E-state index contributed by atoms with van der Waals surface area (Å²) < 4.78 is 19.2. The molecule has 0 amide bonds. The summed E-state index contributed by atoms with van der Waals surface area (Å²) in [6.45, 7) is 13.3. The quantitative estimate of drug-likeness (QED) is 0.668. The lowest BCUT2D eigenvalue weighted by atomic mass is 9.70. The normalized spacial score (nSPS) is 22.1. The van der Waals surface area contributed by atoms with Gasteiger partial charge in [-0.1, -0.05) is 54.4 Å². The number of carbonyl (C=O) groups is 1. The van der Waals surface area contributed by atoms with Crippen LogP contribution in [0.1, 0.15) is 84.3 Å². The van der Waals surface area contributed by atoms with Crippen molar-refractivity contribution in [2.24, 2.45) is 17.1 Å². The van der Waals surface area contributed by atoms with Gasteiger partial charge in [-0.15, -0.1) is 0 Å². The van der Waals surface area contributed by atoms with Crippen LogP contribution >= 0.6 is 0 Å². The summed E-state index contributed by atoms with van der Waals surface area (Å²) in [5.41, 5.74) is 8.63. The summed E-state index contributed by atoms with van der Waals surface area (Å²) in [4.78, 5) is 10.5. The van der Waals surface area contributed by atoms with Crippen LogP contribution in [0.5, 0.6) is 5.75 Å². The lowest BCUT2D eigenvalue weighted by molar-refractivity contribution is -0.120. The fourth-order valence-corrected chi connectivity index (χ4v) is 3.56. The molecule has 2 N–H and O–H groups in total. The van der Waals surface area contributed by atoms with Gasteiger partial charge in [0.05, 0.1) is 0 Å². The van der Waals surface area contributed by atoms with E-state index in [1.54, 1.807) is 6.07 Å². The van der Waals surface area contributed by atoms with Gasteiger partial charge in [-0.05, 0) is 53.7 Å². The first-order valence-electron chi connectivity index (χ1n) is 9.80. The van der Waals surface area contributed by atoms with Crippen LogP contribution < -0.4 is 10.5 Å². The molecule has 0 saturated carbocycles. The second kappa shape index (κ2) is 10.1. The van der Waals surface area contributed by atoms with E-state index in [2.05, 4.69) is 41.5 Å². The zero-order valence-corrected chi connectivity index (χ0v) is 17.3. The standard InChI is InChI=1S/C17H24FNO2.C5H12/c1-3-5-11-7-15-14(13(6-4-2)17(11)19)8-12(21-10-20)9-16(15)18;1-5(2,3)4/h8-11,13,17H,3-7,19H2,1-2H3;1-4H3. The first kappa shape index (κ1) is 22.6. The maximum atomic E-state index is 14.4. The third kappa shape index (κ3) is 6.71. The molecule has 1 aromatic rings. The molecular formula is C22H36FNO2. The van der Waals surface area contributed by atoms with E-state index in [1.165, 1.54) is 6.07 Å². The van der Waals surface area contributed by atoms with Crippen molar-refractivity contribution in [2.75, 3.05) is 0 Å². The maximum Gasteiger partial charge on any atom is 0.298 e. The van der Waals surface area contributed by atoms with E-state index in [0.29, 0.717) is 24.2 Å². The van der Waals surface area contributed by atoms with Gasteiger partial charge in [0.2, 0.25) is 0 Å². The third-order valence-electron chi connectivity index (χ3n) is 4.52. The topological polar surface area (TPSA) is 52.3 Å². The average molecular weight is 366 g/mol. The number of hydrogen-bond acceptors (Lipinski definition) is 3. The van der Waals surface area contributed by atoms with Crippen molar-refractivity contribution in [3.8, 4) is 5.75 Å². The van der Waals surface area contributed by atoms with Crippen LogP contribution in [0, 0.1) is 17.2 Å². The minimum atomic E-state index is -0.279. The number of benzene rings is 1. The molecule has 1 aliphatic carbocycles. The molecule has 2 rings (SSSR count). The Balaban J connectivity index is 0.000000597. The van der Waals surface area contributed by atoms with E-state index < -0.39 is 0 Å². The van der Waals surface area contributed by atoms with Crippen LogP contribution in [0.25, 0.3) is 0 Å². The number of ether oxygens (including phenoxy) is 1. The first-order chi connectivity index (χ1) is 12.1. The summed E-state index contributed by atoms with van der Waals surface area (Å²) in [7, 11) is 0. The fourth-order valence-electron chi connectivity index (χ4n) is 3.56. The van der Waals surface area contributed by atoms with Gasteiger partial charge in [0, 0.05) is 12.1 Å². The van der Waals surface area contributed by atoms with Crippen molar-refractivity contribution in [3.63, 3.8) is 0 Å². The minimum Gasteiger partial charge on any atom is -0.429 e. The van der Waals surface area contributed by atoms with Crippen molar-refractivity contribution in [1.29, 1.82) is 0 Å². The summed E-state index contributed by atoms with van der Waals surface area (Å²) >= 11 is 0. The molecule has 1 aromatic carbocycles.